The third kappa shape index (κ3) is 2.72. The summed E-state index contributed by atoms with van der Waals surface area (Å²) in [6.07, 6.45) is 3.68. The van der Waals surface area contributed by atoms with Gasteiger partial charge >= 0.3 is 0 Å². The molecule has 2 atom stereocenters. The molecule has 0 aliphatic heterocycles. The maximum Gasteiger partial charge on any atom is 0.266 e. The number of nitro groups is 1. The van der Waals surface area contributed by atoms with E-state index >= 15 is 0 Å². The molecule has 19 heavy (non-hydrogen) atoms. The van der Waals surface area contributed by atoms with Gasteiger partial charge in [0.25, 0.3) is 5.70 Å². The summed E-state index contributed by atoms with van der Waals surface area (Å²) in [7, 11) is 0. The third-order valence-corrected chi connectivity index (χ3v) is 3.24. The molecule has 0 bridgehead atoms. The van der Waals surface area contributed by atoms with Crippen LogP contribution in [-0.2, 0) is 0 Å². The van der Waals surface area contributed by atoms with E-state index in [1.165, 1.54) is 18.2 Å². The summed E-state index contributed by atoms with van der Waals surface area (Å²) < 4.78 is 0. The molecule has 2 rings (SSSR count). The van der Waals surface area contributed by atoms with E-state index in [1.807, 2.05) is 0 Å². The first-order chi connectivity index (χ1) is 8.92. The molecule has 0 spiro atoms. The lowest BCUT2D eigenvalue weighted by molar-refractivity contribution is -0.419. The highest BCUT2D eigenvalue weighted by Crippen LogP contribution is 2.31. The summed E-state index contributed by atoms with van der Waals surface area (Å²) in [6.45, 7) is 0. The Morgan fingerprint density at radius 3 is 2.58 bits per heavy atom. The van der Waals surface area contributed by atoms with Gasteiger partial charge in [-0.25, -0.2) is 0 Å². The molecule has 2 N–H and O–H groups in total. The summed E-state index contributed by atoms with van der Waals surface area (Å²) in [5.41, 5.74) is 6.04. The zero-order valence-electron chi connectivity index (χ0n) is 9.82. The number of halogens is 1. The van der Waals surface area contributed by atoms with Gasteiger partial charge in [-0.05, 0) is 6.08 Å². The average molecular weight is 279 g/mol. The van der Waals surface area contributed by atoms with Crippen molar-refractivity contribution in [3.05, 3.63) is 69.9 Å². The molecular weight excluding hydrogens is 268 g/mol. The molecule has 0 saturated heterocycles. The molecule has 0 amide bonds. The van der Waals surface area contributed by atoms with Crippen molar-refractivity contribution in [1.29, 1.82) is 0 Å². The number of alkyl halides is 1. The van der Waals surface area contributed by atoms with Crippen molar-refractivity contribution < 1.29 is 9.72 Å². The molecule has 0 saturated carbocycles. The summed E-state index contributed by atoms with van der Waals surface area (Å²) in [5, 5.41) is 10.8. The Kier molecular flexibility index (Phi) is 3.50. The number of carbonyl (C=O) groups is 1. The van der Waals surface area contributed by atoms with Crippen molar-refractivity contribution in [2.45, 2.75) is 5.00 Å². The van der Waals surface area contributed by atoms with Gasteiger partial charge in [0.15, 0.2) is 5.78 Å². The van der Waals surface area contributed by atoms with Crippen molar-refractivity contribution in [3.8, 4) is 0 Å². The topological polar surface area (TPSA) is 86.2 Å². The first-order valence-corrected chi connectivity index (χ1v) is 5.92. The van der Waals surface area contributed by atoms with Gasteiger partial charge < -0.3 is 5.73 Å². The number of rotatable bonds is 3. The Labute approximate surface area is 114 Å². The van der Waals surface area contributed by atoms with E-state index in [0.29, 0.717) is 5.56 Å². The molecular formula is C13H11ClN2O3. The Bertz CT molecular complexity index is 579. The SMILES string of the molecule is NC1(Cl)C=CC([N+](=O)[O-])=CC1C(=O)c1ccccc1. The van der Waals surface area contributed by atoms with Gasteiger partial charge in [-0.2, -0.15) is 0 Å². The Morgan fingerprint density at radius 1 is 1.37 bits per heavy atom. The van der Waals surface area contributed by atoms with Crippen LogP contribution in [0, 0.1) is 16.0 Å². The van der Waals surface area contributed by atoms with E-state index in [0.717, 1.165) is 0 Å². The number of nitrogens with zero attached hydrogens (tertiary/aromatic N) is 1. The molecule has 0 heterocycles. The average Bonchev–Trinajstić information content (AvgIpc) is 2.38. The lowest BCUT2D eigenvalue weighted by atomic mass is 9.87. The monoisotopic (exact) mass is 278 g/mol. The normalized spacial score (nSPS) is 25.8. The lowest BCUT2D eigenvalue weighted by Gasteiger charge is -2.27. The van der Waals surface area contributed by atoms with Gasteiger partial charge in [-0.3, -0.25) is 14.9 Å². The largest absolute Gasteiger partial charge is 0.309 e. The highest BCUT2D eigenvalue weighted by atomic mass is 35.5. The number of hydrogen-bond donors (Lipinski definition) is 1. The fourth-order valence-corrected chi connectivity index (χ4v) is 2.08. The first-order valence-electron chi connectivity index (χ1n) is 5.54. The molecule has 6 heteroatoms. The van der Waals surface area contributed by atoms with Crippen molar-refractivity contribution in [2.24, 2.45) is 11.7 Å². The van der Waals surface area contributed by atoms with Crippen LogP contribution < -0.4 is 5.73 Å². The molecule has 0 aromatic heterocycles. The second-order valence-electron chi connectivity index (χ2n) is 4.22. The van der Waals surface area contributed by atoms with Gasteiger partial charge in [0, 0.05) is 17.7 Å². The van der Waals surface area contributed by atoms with Crippen LogP contribution in [0.3, 0.4) is 0 Å². The van der Waals surface area contributed by atoms with Crippen LogP contribution in [0.2, 0.25) is 0 Å². The molecule has 0 fully saturated rings. The van der Waals surface area contributed by atoms with Crippen molar-refractivity contribution in [2.75, 3.05) is 0 Å². The van der Waals surface area contributed by atoms with E-state index in [9.17, 15) is 14.9 Å². The Morgan fingerprint density at radius 2 is 2.00 bits per heavy atom. The highest BCUT2D eigenvalue weighted by Gasteiger charge is 2.39. The van der Waals surface area contributed by atoms with Crippen LogP contribution in [0.15, 0.2) is 54.3 Å². The van der Waals surface area contributed by atoms with Crippen LogP contribution in [-0.4, -0.2) is 15.7 Å². The summed E-state index contributed by atoms with van der Waals surface area (Å²) in [6, 6.07) is 8.42. The first kappa shape index (κ1) is 13.5. The predicted molar refractivity (Wildman–Crippen MR) is 71.3 cm³/mol. The number of ketones is 1. The number of allylic oxidation sites excluding steroid dienone is 1. The highest BCUT2D eigenvalue weighted by molar-refractivity contribution is 6.27. The van der Waals surface area contributed by atoms with E-state index < -0.39 is 15.8 Å². The Hall–Kier alpha value is -1.98. The quantitative estimate of drug-likeness (QED) is 0.302. The molecule has 2 unspecified atom stereocenters. The molecule has 5 nitrogen and oxygen atoms in total. The van der Waals surface area contributed by atoms with Crippen LogP contribution in [0.4, 0.5) is 0 Å². The van der Waals surface area contributed by atoms with E-state index in [-0.39, 0.29) is 11.5 Å². The van der Waals surface area contributed by atoms with Crippen molar-refractivity contribution >= 4 is 17.4 Å². The number of Topliss-reactive ketones (excluding diaryl/α,β-unsaturated/α-hetero) is 1. The minimum absolute atomic E-state index is 0.184. The van der Waals surface area contributed by atoms with Gasteiger partial charge in [-0.15, -0.1) is 0 Å². The zero-order valence-corrected chi connectivity index (χ0v) is 10.6. The molecule has 0 radical (unpaired) electrons. The van der Waals surface area contributed by atoms with Crippen LogP contribution in [0.5, 0.6) is 0 Å². The number of carbonyl (C=O) groups excluding carboxylic acids is 1. The van der Waals surface area contributed by atoms with Crippen LogP contribution in [0.1, 0.15) is 10.4 Å². The molecule has 1 aromatic rings. The second kappa shape index (κ2) is 4.95. The van der Waals surface area contributed by atoms with Crippen LogP contribution in [0.25, 0.3) is 0 Å². The predicted octanol–water partition coefficient (Wildman–Crippen LogP) is 2.11. The summed E-state index contributed by atoms with van der Waals surface area (Å²) >= 11 is 6.06. The lowest BCUT2D eigenvalue weighted by Crippen LogP contribution is -2.44. The molecule has 1 aliphatic carbocycles. The molecule has 1 aliphatic rings. The molecule has 98 valence electrons. The number of benzene rings is 1. The fraction of sp³-hybridized carbons (Fsp3) is 0.154. The third-order valence-electron chi connectivity index (χ3n) is 2.88. The minimum Gasteiger partial charge on any atom is -0.309 e. The maximum atomic E-state index is 12.3. The number of hydrogen-bond acceptors (Lipinski definition) is 4. The van der Waals surface area contributed by atoms with Gasteiger partial charge in [0.05, 0.1) is 10.8 Å². The van der Waals surface area contributed by atoms with Gasteiger partial charge in [-0.1, -0.05) is 41.9 Å². The molecule has 1 aromatic carbocycles. The fourth-order valence-electron chi connectivity index (χ4n) is 1.85. The van der Waals surface area contributed by atoms with E-state index in [2.05, 4.69) is 0 Å². The van der Waals surface area contributed by atoms with Crippen LogP contribution >= 0.6 is 11.6 Å². The second-order valence-corrected chi connectivity index (χ2v) is 4.87. The minimum atomic E-state index is -1.45. The van der Waals surface area contributed by atoms with E-state index in [1.54, 1.807) is 30.3 Å². The maximum absolute atomic E-state index is 12.3. The van der Waals surface area contributed by atoms with Crippen molar-refractivity contribution in [1.82, 2.24) is 0 Å². The standard InChI is InChI=1S/C13H11ClN2O3/c14-13(15)7-6-10(16(18)19)8-11(13)12(17)9-4-2-1-3-5-9/h1-8,11H,15H2. The summed E-state index contributed by atoms with van der Waals surface area (Å²) in [4.78, 5) is 21.1. The van der Waals surface area contributed by atoms with Crippen molar-refractivity contribution in [3.63, 3.8) is 0 Å². The Balaban J connectivity index is 2.39. The van der Waals surface area contributed by atoms with E-state index in [4.69, 9.17) is 17.3 Å². The summed E-state index contributed by atoms with van der Waals surface area (Å²) in [5.74, 6) is -1.32. The van der Waals surface area contributed by atoms with Gasteiger partial charge in [0.1, 0.15) is 5.00 Å². The van der Waals surface area contributed by atoms with Gasteiger partial charge in [0.2, 0.25) is 0 Å². The smallest absolute Gasteiger partial charge is 0.266 e. The zero-order chi connectivity index (χ0) is 14.0. The number of nitrogens with two attached hydrogens (primary N) is 1.